The van der Waals surface area contributed by atoms with Crippen LogP contribution in [0, 0.1) is 23.2 Å². The van der Waals surface area contributed by atoms with Crippen molar-refractivity contribution >= 4 is 27.4 Å². The summed E-state index contributed by atoms with van der Waals surface area (Å²) >= 11 is 3.41. The number of nitrogens with two attached hydrogens (primary N) is 1. The first-order valence-corrected chi connectivity index (χ1v) is 9.54. The third-order valence-electron chi connectivity index (χ3n) is 5.44. The molecule has 25 heavy (non-hydrogen) atoms. The summed E-state index contributed by atoms with van der Waals surface area (Å²) in [6.45, 7) is 10.1. The number of Topliss-reactive ketones (excluding diaryl/α,β-unsaturated/α-hetero) is 1. The number of ketones is 1. The van der Waals surface area contributed by atoms with Gasteiger partial charge in [0.15, 0.2) is 6.29 Å². The van der Waals surface area contributed by atoms with Crippen molar-refractivity contribution in [3.8, 4) is 0 Å². The number of anilines is 1. The highest BCUT2D eigenvalue weighted by Crippen LogP contribution is 2.60. The van der Waals surface area contributed by atoms with Crippen molar-refractivity contribution in [1.29, 1.82) is 0 Å². The molecule has 1 aromatic heterocycles. The van der Waals surface area contributed by atoms with Crippen LogP contribution in [0.5, 0.6) is 0 Å². The molecule has 1 fully saturated rings. The summed E-state index contributed by atoms with van der Waals surface area (Å²) in [5.74, 6) is 1.16. The van der Waals surface area contributed by atoms with Crippen molar-refractivity contribution in [2.45, 2.75) is 53.2 Å². The van der Waals surface area contributed by atoms with Crippen LogP contribution in [0.1, 0.15) is 52.7 Å². The second kappa shape index (κ2) is 7.72. The van der Waals surface area contributed by atoms with E-state index < -0.39 is 6.29 Å². The number of nitrogen functional groups attached to an aromatic ring is 1. The van der Waals surface area contributed by atoms with E-state index in [0.717, 1.165) is 10.2 Å². The minimum Gasteiger partial charge on any atom is -0.397 e. The molecule has 5 nitrogen and oxygen atoms in total. The average Bonchev–Trinajstić information content (AvgIpc) is 2.49. The van der Waals surface area contributed by atoms with E-state index in [1.165, 1.54) is 0 Å². The van der Waals surface area contributed by atoms with Gasteiger partial charge in [0.05, 0.1) is 18.0 Å². The minimum absolute atomic E-state index is 0.171. The number of pyridine rings is 1. The first-order valence-electron chi connectivity index (χ1n) is 8.74. The van der Waals surface area contributed by atoms with E-state index >= 15 is 0 Å². The molecule has 0 spiro atoms. The highest BCUT2D eigenvalue weighted by molar-refractivity contribution is 9.10. The fourth-order valence-corrected chi connectivity index (χ4v) is 4.70. The molecule has 140 valence electrons. The van der Waals surface area contributed by atoms with Crippen LogP contribution < -0.4 is 5.73 Å². The number of hydrogen-bond acceptors (Lipinski definition) is 5. The predicted molar refractivity (Wildman–Crippen MR) is 102 cm³/mol. The van der Waals surface area contributed by atoms with E-state index in [1.54, 1.807) is 20.0 Å². The summed E-state index contributed by atoms with van der Waals surface area (Å²) in [7, 11) is 0. The van der Waals surface area contributed by atoms with Gasteiger partial charge < -0.3 is 20.4 Å². The lowest BCUT2D eigenvalue weighted by atomic mass is 9.47. The SMILES string of the molecule is CC(=O)CC1C(C)C(c2ncc(Br)cc2N)C1C(C)(C)COC(C)O. The van der Waals surface area contributed by atoms with Gasteiger partial charge in [0, 0.05) is 23.0 Å². The van der Waals surface area contributed by atoms with Crippen LogP contribution >= 0.6 is 15.9 Å². The lowest BCUT2D eigenvalue weighted by molar-refractivity contribution is -0.149. The summed E-state index contributed by atoms with van der Waals surface area (Å²) in [5.41, 5.74) is 7.59. The fraction of sp³-hybridized carbons (Fsp3) is 0.684. The Morgan fingerprint density at radius 2 is 2.16 bits per heavy atom. The van der Waals surface area contributed by atoms with Crippen LogP contribution in [0.3, 0.4) is 0 Å². The maximum Gasteiger partial charge on any atom is 0.151 e. The molecule has 3 N–H and O–H groups in total. The van der Waals surface area contributed by atoms with Crippen LogP contribution in [0.25, 0.3) is 0 Å². The average molecular weight is 413 g/mol. The Kier molecular flexibility index (Phi) is 6.28. The number of rotatable bonds is 7. The van der Waals surface area contributed by atoms with Gasteiger partial charge in [-0.3, -0.25) is 4.98 Å². The van der Waals surface area contributed by atoms with Crippen molar-refractivity contribution < 1.29 is 14.6 Å². The van der Waals surface area contributed by atoms with E-state index in [9.17, 15) is 9.90 Å². The third kappa shape index (κ3) is 4.41. The summed E-state index contributed by atoms with van der Waals surface area (Å²) in [4.78, 5) is 16.3. The lowest BCUT2D eigenvalue weighted by Gasteiger charge is -2.57. The number of aliphatic hydroxyl groups is 1. The number of halogens is 1. The smallest absolute Gasteiger partial charge is 0.151 e. The Hall–Kier alpha value is -0.980. The monoisotopic (exact) mass is 412 g/mol. The normalized spacial score (nSPS) is 27.6. The first kappa shape index (κ1) is 20.3. The van der Waals surface area contributed by atoms with E-state index in [0.29, 0.717) is 24.6 Å². The Bertz CT molecular complexity index is 633. The van der Waals surface area contributed by atoms with Gasteiger partial charge in [-0.05, 0) is 59.0 Å². The molecule has 0 aliphatic heterocycles. The molecule has 1 saturated carbocycles. The fourth-order valence-electron chi connectivity index (χ4n) is 4.35. The second-order valence-electron chi connectivity index (χ2n) is 8.01. The van der Waals surface area contributed by atoms with Crippen LogP contribution in [-0.2, 0) is 9.53 Å². The number of aliphatic hydroxyl groups excluding tert-OH is 1. The van der Waals surface area contributed by atoms with Crippen LogP contribution in [0.15, 0.2) is 16.7 Å². The number of hydrogen-bond donors (Lipinski definition) is 2. The highest BCUT2D eigenvalue weighted by atomic mass is 79.9. The molecule has 0 saturated heterocycles. The van der Waals surface area contributed by atoms with Crippen molar-refractivity contribution in [1.82, 2.24) is 4.98 Å². The van der Waals surface area contributed by atoms with Gasteiger partial charge in [-0.1, -0.05) is 20.8 Å². The largest absolute Gasteiger partial charge is 0.397 e. The molecule has 5 atom stereocenters. The van der Waals surface area contributed by atoms with Crippen molar-refractivity contribution in [2.24, 2.45) is 23.2 Å². The Balaban J connectivity index is 2.35. The zero-order chi connectivity index (χ0) is 18.9. The molecule has 1 aliphatic carbocycles. The van der Waals surface area contributed by atoms with E-state index in [4.69, 9.17) is 10.5 Å². The number of nitrogens with zero attached hydrogens (tertiary/aromatic N) is 1. The maximum atomic E-state index is 11.8. The van der Waals surface area contributed by atoms with Gasteiger partial charge in [0.25, 0.3) is 0 Å². The molecular weight excluding hydrogens is 384 g/mol. The standard InChI is InChI=1S/C19H29BrN2O3/c1-10(23)6-14-11(2)16(18-15(21)7-13(20)8-22-18)17(14)19(4,5)9-25-12(3)24/h7-8,11-12,14,16-17,24H,6,9,21H2,1-5H3. The Labute approximate surface area is 158 Å². The van der Waals surface area contributed by atoms with Gasteiger partial charge in [-0.2, -0.15) is 0 Å². The third-order valence-corrected chi connectivity index (χ3v) is 5.88. The summed E-state index contributed by atoms with van der Waals surface area (Å²) in [6.07, 6.45) is 1.52. The zero-order valence-corrected chi connectivity index (χ0v) is 17.2. The van der Waals surface area contributed by atoms with Crippen LogP contribution in [-0.4, -0.2) is 28.8 Å². The number of aromatic nitrogens is 1. The van der Waals surface area contributed by atoms with Crippen LogP contribution in [0.2, 0.25) is 0 Å². The quantitative estimate of drug-likeness (QED) is 0.665. The van der Waals surface area contributed by atoms with Gasteiger partial charge in [0.2, 0.25) is 0 Å². The summed E-state index contributed by atoms with van der Waals surface area (Å²) in [6, 6.07) is 1.88. The first-order chi connectivity index (χ1) is 11.5. The number of carbonyl (C=O) groups excluding carboxylic acids is 1. The zero-order valence-electron chi connectivity index (χ0n) is 15.6. The lowest BCUT2D eigenvalue weighted by Crippen LogP contribution is -2.53. The van der Waals surface area contributed by atoms with E-state index in [2.05, 4.69) is 41.7 Å². The summed E-state index contributed by atoms with van der Waals surface area (Å²) < 4.78 is 6.35. The Morgan fingerprint density at radius 1 is 1.52 bits per heavy atom. The maximum absolute atomic E-state index is 11.8. The van der Waals surface area contributed by atoms with Crippen molar-refractivity contribution in [2.75, 3.05) is 12.3 Å². The van der Waals surface area contributed by atoms with Gasteiger partial charge >= 0.3 is 0 Å². The molecule has 6 heteroatoms. The number of carbonyl (C=O) groups is 1. The van der Waals surface area contributed by atoms with Gasteiger partial charge in [0.1, 0.15) is 5.78 Å². The van der Waals surface area contributed by atoms with Gasteiger partial charge in [-0.25, -0.2) is 0 Å². The van der Waals surface area contributed by atoms with Crippen molar-refractivity contribution in [3.05, 3.63) is 22.4 Å². The highest BCUT2D eigenvalue weighted by Gasteiger charge is 2.55. The van der Waals surface area contributed by atoms with E-state index in [1.807, 2.05) is 6.07 Å². The molecule has 1 heterocycles. The summed E-state index contributed by atoms with van der Waals surface area (Å²) in [5, 5.41) is 9.50. The molecular formula is C19H29BrN2O3. The molecule has 5 unspecified atom stereocenters. The Morgan fingerprint density at radius 3 is 2.68 bits per heavy atom. The molecule has 1 aromatic rings. The topological polar surface area (TPSA) is 85.4 Å². The van der Waals surface area contributed by atoms with Crippen molar-refractivity contribution in [3.63, 3.8) is 0 Å². The molecule has 1 aliphatic rings. The molecule has 0 aromatic carbocycles. The molecule has 0 bridgehead atoms. The predicted octanol–water partition coefficient (Wildman–Crippen LogP) is 3.75. The van der Waals surface area contributed by atoms with E-state index in [-0.39, 0.29) is 29.0 Å². The second-order valence-corrected chi connectivity index (χ2v) is 8.92. The molecule has 2 rings (SSSR count). The van der Waals surface area contributed by atoms with Crippen LogP contribution in [0.4, 0.5) is 5.69 Å². The molecule has 0 radical (unpaired) electrons. The molecule has 0 amide bonds. The minimum atomic E-state index is -0.808. The number of ether oxygens (including phenoxy) is 1. The van der Waals surface area contributed by atoms with Gasteiger partial charge in [-0.15, -0.1) is 0 Å².